The van der Waals surface area contributed by atoms with E-state index in [2.05, 4.69) is 18.2 Å². The quantitative estimate of drug-likeness (QED) is 0.867. The zero-order chi connectivity index (χ0) is 12.1. The van der Waals surface area contributed by atoms with Crippen LogP contribution in [0.1, 0.15) is 5.56 Å². The van der Waals surface area contributed by atoms with Crippen molar-refractivity contribution in [3.05, 3.63) is 65.2 Å². The van der Waals surface area contributed by atoms with E-state index < -0.39 is 0 Å². The van der Waals surface area contributed by atoms with E-state index in [0.717, 1.165) is 16.1 Å². The first kappa shape index (κ1) is 11.9. The van der Waals surface area contributed by atoms with Crippen LogP contribution in [0.3, 0.4) is 0 Å². The second-order valence-electron chi connectivity index (χ2n) is 3.77. The van der Waals surface area contributed by atoms with E-state index in [9.17, 15) is 0 Å². The summed E-state index contributed by atoms with van der Waals surface area (Å²) < 4.78 is 0. The largest absolute Gasteiger partial charge is 0.327 e. The van der Waals surface area contributed by atoms with Crippen molar-refractivity contribution in [1.82, 2.24) is 0 Å². The van der Waals surface area contributed by atoms with Gasteiger partial charge in [-0.3, -0.25) is 0 Å². The molecule has 0 aliphatic rings. The minimum atomic E-state index is 0.561. The van der Waals surface area contributed by atoms with Crippen LogP contribution in [0.2, 0.25) is 5.02 Å². The van der Waals surface area contributed by atoms with Gasteiger partial charge < -0.3 is 5.73 Å². The van der Waals surface area contributed by atoms with Crippen molar-refractivity contribution in [3.8, 4) is 11.1 Å². The predicted octanol–water partition coefficient (Wildman–Crippen LogP) is 3.98. The van der Waals surface area contributed by atoms with E-state index >= 15 is 0 Å². The van der Waals surface area contributed by atoms with Crippen molar-refractivity contribution in [2.45, 2.75) is 0 Å². The third kappa shape index (κ3) is 3.19. The Bertz CT molecular complexity index is 515. The Morgan fingerprint density at radius 3 is 2.47 bits per heavy atom. The Kier molecular flexibility index (Phi) is 3.97. The van der Waals surface area contributed by atoms with Crippen LogP contribution in [0.15, 0.2) is 54.6 Å². The Morgan fingerprint density at radius 2 is 1.76 bits per heavy atom. The van der Waals surface area contributed by atoms with Gasteiger partial charge in [-0.1, -0.05) is 54.1 Å². The lowest BCUT2D eigenvalue weighted by Gasteiger charge is -2.03. The maximum Gasteiger partial charge on any atom is 0.0406 e. The molecule has 0 aliphatic heterocycles. The first-order chi connectivity index (χ1) is 8.29. The molecule has 0 amide bonds. The van der Waals surface area contributed by atoms with Crippen LogP contribution < -0.4 is 5.73 Å². The summed E-state index contributed by atoms with van der Waals surface area (Å²) in [5, 5.41) is 0.757. The van der Waals surface area contributed by atoms with Crippen molar-refractivity contribution >= 4 is 17.7 Å². The SMILES string of the molecule is NCC=Cc1cccc(-c2ccc(Cl)cc2)c1. The van der Waals surface area contributed by atoms with Crippen molar-refractivity contribution < 1.29 is 0 Å². The molecule has 0 atom stereocenters. The molecule has 1 nitrogen and oxygen atoms in total. The summed E-state index contributed by atoms with van der Waals surface area (Å²) in [6, 6.07) is 16.2. The average molecular weight is 244 g/mol. The first-order valence-electron chi connectivity index (χ1n) is 5.52. The fourth-order valence-electron chi connectivity index (χ4n) is 1.67. The smallest absolute Gasteiger partial charge is 0.0406 e. The van der Waals surface area contributed by atoms with Gasteiger partial charge in [0, 0.05) is 11.6 Å². The van der Waals surface area contributed by atoms with Gasteiger partial charge in [-0.15, -0.1) is 0 Å². The zero-order valence-corrected chi connectivity index (χ0v) is 10.2. The van der Waals surface area contributed by atoms with Crippen LogP contribution >= 0.6 is 11.6 Å². The van der Waals surface area contributed by atoms with Crippen molar-refractivity contribution in [1.29, 1.82) is 0 Å². The molecule has 0 bridgehead atoms. The third-order valence-corrected chi connectivity index (χ3v) is 2.76. The van der Waals surface area contributed by atoms with E-state index in [0.29, 0.717) is 6.54 Å². The Morgan fingerprint density at radius 1 is 1.00 bits per heavy atom. The highest BCUT2D eigenvalue weighted by atomic mass is 35.5. The van der Waals surface area contributed by atoms with E-state index in [4.69, 9.17) is 17.3 Å². The molecule has 17 heavy (non-hydrogen) atoms. The lowest BCUT2D eigenvalue weighted by molar-refractivity contribution is 1.26. The number of hydrogen-bond donors (Lipinski definition) is 1. The lowest BCUT2D eigenvalue weighted by atomic mass is 10.0. The first-order valence-corrected chi connectivity index (χ1v) is 5.90. The number of benzene rings is 2. The van der Waals surface area contributed by atoms with Gasteiger partial charge in [0.15, 0.2) is 0 Å². The topological polar surface area (TPSA) is 26.0 Å². The highest BCUT2D eigenvalue weighted by Gasteiger charge is 1.97. The molecule has 0 saturated heterocycles. The Balaban J connectivity index is 2.32. The molecule has 2 aromatic rings. The van der Waals surface area contributed by atoms with E-state index in [1.54, 1.807) is 0 Å². The van der Waals surface area contributed by atoms with Gasteiger partial charge in [0.1, 0.15) is 0 Å². The Hall–Kier alpha value is -1.57. The van der Waals surface area contributed by atoms with Crippen LogP contribution in [0.4, 0.5) is 0 Å². The second kappa shape index (κ2) is 5.67. The number of hydrogen-bond acceptors (Lipinski definition) is 1. The standard InChI is InChI=1S/C15H14ClN/c16-15-8-6-13(7-9-15)14-5-1-3-12(11-14)4-2-10-17/h1-9,11H,10,17H2. The molecule has 0 aromatic heterocycles. The predicted molar refractivity (Wildman–Crippen MR) is 75.0 cm³/mol. The molecule has 2 rings (SSSR count). The lowest BCUT2D eigenvalue weighted by Crippen LogP contribution is -1.91. The van der Waals surface area contributed by atoms with E-state index in [1.165, 1.54) is 5.56 Å². The second-order valence-corrected chi connectivity index (χ2v) is 4.21. The monoisotopic (exact) mass is 243 g/mol. The average Bonchev–Trinajstić information content (AvgIpc) is 2.37. The minimum absolute atomic E-state index is 0.561. The van der Waals surface area contributed by atoms with Crippen molar-refractivity contribution in [2.75, 3.05) is 6.54 Å². The number of nitrogens with two attached hydrogens (primary N) is 1. The molecule has 2 N–H and O–H groups in total. The maximum absolute atomic E-state index is 5.87. The molecule has 2 heteroatoms. The molecule has 0 saturated carbocycles. The van der Waals surface area contributed by atoms with Gasteiger partial charge in [0.25, 0.3) is 0 Å². The third-order valence-electron chi connectivity index (χ3n) is 2.51. The summed E-state index contributed by atoms with van der Waals surface area (Å²) in [5.74, 6) is 0. The minimum Gasteiger partial charge on any atom is -0.327 e. The van der Waals surface area contributed by atoms with E-state index in [-0.39, 0.29) is 0 Å². The van der Waals surface area contributed by atoms with Crippen molar-refractivity contribution in [3.63, 3.8) is 0 Å². The molecular formula is C15H14ClN. The molecule has 86 valence electrons. The van der Waals surface area contributed by atoms with Crippen LogP contribution in [0, 0.1) is 0 Å². The molecule has 2 aromatic carbocycles. The van der Waals surface area contributed by atoms with Gasteiger partial charge in [-0.25, -0.2) is 0 Å². The van der Waals surface area contributed by atoms with Gasteiger partial charge in [0.2, 0.25) is 0 Å². The highest BCUT2D eigenvalue weighted by molar-refractivity contribution is 6.30. The van der Waals surface area contributed by atoms with Crippen LogP contribution in [-0.2, 0) is 0 Å². The fraction of sp³-hybridized carbons (Fsp3) is 0.0667. The summed E-state index contributed by atoms with van der Waals surface area (Å²) >= 11 is 5.87. The summed E-state index contributed by atoms with van der Waals surface area (Å²) in [5.41, 5.74) is 8.94. The zero-order valence-electron chi connectivity index (χ0n) is 9.44. The van der Waals surface area contributed by atoms with Gasteiger partial charge in [-0.2, -0.15) is 0 Å². The van der Waals surface area contributed by atoms with Gasteiger partial charge in [0.05, 0.1) is 0 Å². The molecule has 0 aliphatic carbocycles. The van der Waals surface area contributed by atoms with Crippen LogP contribution in [0.5, 0.6) is 0 Å². The summed E-state index contributed by atoms with van der Waals surface area (Å²) in [6.07, 6.45) is 3.97. The summed E-state index contributed by atoms with van der Waals surface area (Å²) in [6.45, 7) is 0.561. The maximum atomic E-state index is 5.87. The fourth-order valence-corrected chi connectivity index (χ4v) is 1.79. The molecule has 0 spiro atoms. The molecule has 0 unspecified atom stereocenters. The number of rotatable bonds is 3. The summed E-state index contributed by atoms with van der Waals surface area (Å²) in [4.78, 5) is 0. The van der Waals surface area contributed by atoms with Gasteiger partial charge >= 0.3 is 0 Å². The number of halogens is 1. The van der Waals surface area contributed by atoms with Crippen LogP contribution in [-0.4, -0.2) is 6.54 Å². The molecule has 0 radical (unpaired) electrons. The highest BCUT2D eigenvalue weighted by Crippen LogP contribution is 2.22. The molecule has 0 heterocycles. The van der Waals surface area contributed by atoms with Gasteiger partial charge in [-0.05, 0) is 34.9 Å². The van der Waals surface area contributed by atoms with E-state index in [1.807, 2.05) is 42.5 Å². The normalized spacial score (nSPS) is 10.9. The molecular weight excluding hydrogens is 230 g/mol. The summed E-state index contributed by atoms with van der Waals surface area (Å²) in [7, 11) is 0. The Labute approximate surface area is 107 Å². The van der Waals surface area contributed by atoms with Crippen LogP contribution in [0.25, 0.3) is 17.2 Å². The molecule has 0 fully saturated rings. The van der Waals surface area contributed by atoms with Crippen molar-refractivity contribution in [2.24, 2.45) is 5.73 Å².